The summed E-state index contributed by atoms with van der Waals surface area (Å²) in [6.45, 7) is 4.75. The van der Waals surface area contributed by atoms with Gasteiger partial charge in [0.25, 0.3) is 0 Å². The predicted octanol–water partition coefficient (Wildman–Crippen LogP) is 9.04. The van der Waals surface area contributed by atoms with E-state index in [0.717, 1.165) is 11.2 Å². The van der Waals surface area contributed by atoms with Gasteiger partial charge in [0.15, 0.2) is 0 Å². The quantitative estimate of drug-likeness (QED) is 0.227. The van der Waals surface area contributed by atoms with Crippen LogP contribution in [-0.2, 0) is 5.41 Å². The van der Waals surface area contributed by atoms with Gasteiger partial charge in [-0.15, -0.1) is 0 Å². The summed E-state index contributed by atoms with van der Waals surface area (Å²) in [5.41, 5.74) is 11.3. The molecule has 0 aliphatic heterocycles. The minimum Gasteiger partial charge on any atom is -0.456 e. The lowest BCUT2D eigenvalue weighted by Gasteiger charge is -2.22. The molecule has 0 bridgehead atoms. The average Bonchev–Trinajstić information content (AvgIpc) is 3.57. The molecule has 0 amide bonds. The molecule has 3 aromatic heterocycles. The second kappa shape index (κ2) is 5.67. The van der Waals surface area contributed by atoms with Crippen LogP contribution in [0.1, 0.15) is 25.0 Å². The van der Waals surface area contributed by atoms with Crippen molar-refractivity contribution >= 4 is 60.0 Å². The molecule has 0 unspecified atom stereocenters. The fourth-order valence-electron chi connectivity index (χ4n) is 7.06. The Balaban J connectivity index is 1.51. The van der Waals surface area contributed by atoms with E-state index in [4.69, 9.17) is 4.42 Å². The second-order valence-electron chi connectivity index (χ2n) is 10.6. The molecule has 0 atom stereocenters. The zero-order chi connectivity index (χ0) is 23.1. The SMILES string of the molecule is CC1(C)c2ccccc2-c2ccc3c(c21)c1cccc2c4cc5c(cc4n3c21)oc1ccccc15. The zero-order valence-corrected chi connectivity index (χ0v) is 19.5. The number of benzene rings is 5. The highest BCUT2D eigenvalue weighted by atomic mass is 16.3. The lowest BCUT2D eigenvalue weighted by Crippen LogP contribution is -2.15. The molecule has 1 aliphatic carbocycles. The Labute approximate surface area is 201 Å². The Morgan fingerprint density at radius 3 is 2.34 bits per heavy atom. The van der Waals surface area contributed by atoms with Crippen LogP contribution >= 0.6 is 0 Å². The molecular formula is C33H21NO. The third kappa shape index (κ3) is 1.93. The van der Waals surface area contributed by atoms with Crippen molar-refractivity contribution in [3.05, 3.63) is 102 Å². The summed E-state index contributed by atoms with van der Waals surface area (Å²) in [6.07, 6.45) is 0. The van der Waals surface area contributed by atoms with Crippen molar-refractivity contribution in [2.24, 2.45) is 0 Å². The van der Waals surface area contributed by atoms with E-state index in [9.17, 15) is 0 Å². The van der Waals surface area contributed by atoms with E-state index in [1.807, 2.05) is 6.07 Å². The van der Waals surface area contributed by atoms with E-state index in [0.29, 0.717) is 0 Å². The first-order chi connectivity index (χ1) is 17.1. The van der Waals surface area contributed by atoms with Gasteiger partial charge in [-0.2, -0.15) is 0 Å². The maximum absolute atomic E-state index is 6.30. The predicted molar refractivity (Wildman–Crippen MR) is 146 cm³/mol. The van der Waals surface area contributed by atoms with Crippen molar-refractivity contribution < 1.29 is 4.42 Å². The fourth-order valence-corrected chi connectivity index (χ4v) is 7.06. The number of aromatic nitrogens is 1. The summed E-state index contributed by atoms with van der Waals surface area (Å²) < 4.78 is 8.77. The largest absolute Gasteiger partial charge is 0.456 e. The Hall–Kier alpha value is -4.30. The number of hydrogen-bond donors (Lipinski definition) is 0. The number of nitrogens with zero attached hydrogens (tertiary/aromatic N) is 1. The maximum atomic E-state index is 6.30. The summed E-state index contributed by atoms with van der Waals surface area (Å²) in [4.78, 5) is 0. The van der Waals surface area contributed by atoms with Crippen molar-refractivity contribution in [1.29, 1.82) is 0 Å². The van der Waals surface area contributed by atoms with Crippen molar-refractivity contribution in [3.8, 4) is 11.1 Å². The van der Waals surface area contributed by atoms with E-state index in [1.54, 1.807) is 0 Å². The number of furan rings is 1. The highest BCUT2D eigenvalue weighted by Gasteiger charge is 2.38. The molecule has 8 aromatic rings. The third-order valence-electron chi connectivity index (χ3n) is 8.49. The number of para-hydroxylation sites is 2. The van der Waals surface area contributed by atoms with Crippen LogP contribution in [-0.4, -0.2) is 4.40 Å². The average molecular weight is 448 g/mol. The highest BCUT2D eigenvalue weighted by molar-refractivity contribution is 6.27. The van der Waals surface area contributed by atoms with E-state index in [-0.39, 0.29) is 5.41 Å². The first-order valence-corrected chi connectivity index (χ1v) is 12.3. The van der Waals surface area contributed by atoms with E-state index < -0.39 is 0 Å². The van der Waals surface area contributed by atoms with Gasteiger partial charge in [-0.25, -0.2) is 0 Å². The van der Waals surface area contributed by atoms with Gasteiger partial charge in [0.2, 0.25) is 0 Å². The molecule has 5 aromatic carbocycles. The van der Waals surface area contributed by atoms with Gasteiger partial charge < -0.3 is 8.82 Å². The van der Waals surface area contributed by atoms with E-state index >= 15 is 0 Å². The van der Waals surface area contributed by atoms with Gasteiger partial charge in [0.05, 0.1) is 16.6 Å². The Morgan fingerprint density at radius 1 is 0.600 bits per heavy atom. The molecule has 1 aliphatic rings. The number of fused-ring (bicyclic) bond motifs is 13. The smallest absolute Gasteiger partial charge is 0.137 e. The minimum atomic E-state index is -0.0503. The number of hydrogen-bond acceptors (Lipinski definition) is 1. The second-order valence-corrected chi connectivity index (χ2v) is 10.6. The third-order valence-corrected chi connectivity index (χ3v) is 8.49. The summed E-state index contributed by atoms with van der Waals surface area (Å²) >= 11 is 0. The Kier molecular flexibility index (Phi) is 2.93. The molecule has 0 fully saturated rings. The molecule has 3 heterocycles. The molecular weight excluding hydrogens is 426 g/mol. The van der Waals surface area contributed by atoms with Crippen LogP contribution in [0.3, 0.4) is 0 Å². The topological polar surface area (TPSA) is 17.6 Å². The maximum Gasteiger partial charge on any atom is 0.137 e. The molecule has 2 nitrogen and oxygen atoms in total. The van der Waals surface area contributed by atoms with Crippen molar-refractivity contribution in [1.82, 2.24) is 4.40 Å². The van der Waals surface area contributed by atoms with Gasteiger partial charge in [0.1, 0.15) is 11.2 Å². The molecule has 0 radical (unpaired) electrons. The van der Waals surface area contributed by atoms with Crippen LogP contribution in [0.15, 0.2) is 95.4 Å². The molecule has 0 saturated heterocycles. The summed E-state index contributed by atoms with van der Waals surface area (Å²) in [6, 6.07) is 33.3. The molecule has 164 valence electrons. The lowest BCUT2D eigenvalue weighted by atomic mass is 9.80. The minimum absolute atomic E-state index is 0.0503. The van der Waals surface area contributed by atoms with Crippen LogP contribution in [0.2, 0.25) is 0 Å². The van der Waals surface area contributed by atoms with Crippen molar-refractivity contribution in [3.63, 3.8) is 0 Å². The summed E-state index contributed by atoms with van der Waals surface area (Å²) in [5.74, 6) is 0. The molecule has 0 spiro atoms. The van der Waals surface area contributed by atoms with Crippen LogP contribution in [0.5, 0.6) is 0 Å². The molecule has 0 N–H and O–H groups in total. The van der Waals surface area contributed by atoms with Crippen molar-refractivity contribution in [2.45, 2.75) is 19.3 Å². The monoisotopic (exact) mass is 447 g/mol. The van der Waals surface area contributed by atoms with Crippen LogP contribution in [0.4, 0.5) is 0 Å². The van der Waals surface area contributed by atoms with Crippen molar-refractivity contribution in [2.75, 3.05) is 0 Å². The lowest BCUT2D eigenvalue weighted by molar-refractivity contribution is 0.666. The normalized spacial score (nSPS) is 14.8. The standard InChI is InChI=1S/C33H21NO/c1-33(2)25-12-5-3-8-18(25)20-14-15-26-30(31(20)33)22-11-7-10-21-23-16-24-19-9-4-6-13-28(19)35-29(24)17-27(23)34(26)32(21)22/h3-17H,1-2H3. The Morgan fingerprint density at radius 2 is 1.40 bits per heavy atom. The first-order valence-electron chi connectivity index (χ1n) is 12.3. The van der Waals surface area contributed by atoms with Gasteiger partial charge >= 0.3 is 0 Å². The first kappa shape index (κ1) is 18.1. The Bertz CT molecular complexity index is 2190. The molecule has 35 heavy (non-hydrogen) atoms. The van der Waals surface area contributed by atoms with E-state index in [1.165, 1.54) is 71.1 Å². The highest BCUT2D eigenvalue weighted by Crippen LogP contribution is 2.54. The zero-order valence-electron chi connectivity index (χ0n) is 19.5. The molecule has 0 saturated carbocycles. The van der Waals surface area contributed by atoms with Gasteiger partial charge in [-0.3, -0.25) is 0 Å². The van der Waals surface area contributed by atoms with E-state index in [2.05, 4.69) is 103 Å². The molecule has 2 heteroatoms. The van der Waals surface area contributed by atoms with Crippen LogP contribution in [0.25, 0.3) is 71.2 Å². The summed E-state index contributed by atoms with van der Waals surface area (Å²) in [5, 5.41) is 7.68. The van der Waals surface area contributed by atoms with Gasteiger partial charge in [-0.1, -0.05) is 80.6 Å². The number of rotatable bonds is 0. The van der Waals surface area contributed by atoms with Gasteiger partial charge in [-0.05, 0) is 40.5 Å². The van der Waals surface area contributed by atoms with Crippen LogP contribution in [0, 0.1) is 0 Å². The summed E-state index contributed by atoms with van der Waals surface area (Å²) in [7, 11) is 0. The van der Waals surface area contributed by atoms with Crippen LogP contribution < -0.4 is 0 Å². The molecule has 9 rings (SSSR count). The van der Waals surface area contributed by atoms with Gasteiger partial charge in [0, 0.05) is 43.8 Å². The fraction of sp³-hybridized carbons (Fsp3) is 0.0909.